The fraction of sp³-hybridized carbons (Fsp3) is 0.333. The fourth-order valence-electron chi connectivity index (χ4n) is 7.47. The van der Waals surface area contributed by atoms with Gasteiger partial charge in [0.25, 0.3) is 0 Å². The summed E-state index contributed by atoms with van der Waals surface area (Å²) >= 11 is 0. The first kappa shape index (κ1) is 47.4. The zero-order chi connectivity index (χ0) is 43.4. The van der Waals surface area contributed by atoms with Crippen molar-refractivity contribution in [3.8, 4) is 0 Å². The molecule has 0 bridgehead atoms. The van der Waals surface area contributed by atoms with Crippen molar-refractivity contribution in [2.45, 2.75) is 11.2 Å². The van der Waals surface area contributed by atoms with Gasteiger partial charge in [-0.2, -0.15) is 0 Å². The number of hydrogen-bond donors (Lipinski definition) is 0. The van der Waals surface area contributed by atoms with E-state index in [-0.39, 0.29) is 0 Å². The van der Waals surface area contributed by atoms with Crippen LogP contribution in [0, 0.1) is 0 Å². The van der Waals surface area contributed by atoms with Gasteiger partial charge in [0.15, 0.2) is 0 Å². The summed E-state index contributed by atoms with van der Waals surface area (Å²) in [6.07, 6.45) is 0. The third-order valence-corrected chi connectivity index (χ3v) is 10.4. The van der Waals surface area contributed by atoms with Crippen LogP contribution in [-0.2, 0) is 53.8 Å². The van der Waals surface area contributed by atoms with E-state index in [0.29, 0.717) is 106 Å². The zero-order valence-corrected chi connectivity index (χ0v) is 36.3. The van der Waals surface area contributed by atoms with E-state index in [2.05, 4.69) is 72.8 Å². The first-order chi connectivity index (χ1) is 31.3. The van der Waals surface area contributed by atoms with Gasteiger partial charge in [-0.25, -0.2) is 0 Å². The van der Waals surface area contributed by atoms with Gasteiger partial charge in [-0.1, -0.05) is 182 Å². The van der Waals surface area contributed by atoms with Gasteiger partial charge in [-0.3, -0.25) is 0 Å². The minimum absolute atomic E-state index is 0.413. The molecule has 0 aliphatic heterocycles. The molecule has 0 amide bonds. The van der Waals surface area contributed by atoms with E-state index in [1.165, 1.54) is 0 Å². The van der Waals surface area contributed by atoms with Crippen molar-refractivity contribution in [1.82, 2.24) is 0 Å². The molecule has 0 heterocycles. The highest BCUT2D eigenvalue weighted by Crippen LogP contribution is 2.41. The van der Waals surface area contributed by atoms with Crippen LogP contribution >= 0.6 is 0 Å². The molecule has 0 aliphatic carbocycles. The summed E-state index contributed by atoms with van der Waals surface area (Å²) < 4.78 is 53.5. The Hall–Kier alpha value is -5.04. The molecule has 332 valence electrons. The molecule has 0 saturated heterocycles. The normalized spacial score (nSPS) is 11.8. The first-order valence-electron chi connectivity index (χ1n) is 22.0. The molecule has 0 spiro atoms. The molecule has 9 nitrogen and oxygen atoms in total. The molecule has 6 aromatic carbocycles. The molecule has 0 saturated carbocycles. The second kappa shape index (κ2) is 27.9. The maximum Gasteiger partial charge on any atom is 0.143 e. The van der Waals surface area contributed by atoms with Crippen molar-refractivity contribution in [3.05, 3.63) is 215 Å². The number of ether oxygens (including phenoxy) is 9. The molecular formula is C54H62O9. The van der Waals surface area contributed by atoms with Crippen LogP contribution in [0.3, 0.4) is 0 Å². The standard InChI is InChI=1S/C54H62O9/c1-7-19-47(20-8-1)53(48-21-9-2-10-22-48,49-23-11-3-12-24-49)62-45-43-60-41-39-58-37-35-56-33-31-55-32-34-57-36-38-59-40-42-61-44-46-63-54(50-25-13-4-14-26-50,51-27-15-5-16-28-51)52-29-17-6-18-30-52/h1-30H,31-46H2. The summed E-state index contributed by atoms with van der Waals surface area (Å²) in [5.41, 5.74) is 4.89. The van der Waals surface area contributed by atoms with Gasteiger partial charge in [0.05, 0.1) is 106 Å². The Kier molecular flexibility index (Phi) is 21.0. The van der Waals surface area contributed by atoms with Crippen LogP contribution in [0.15, 0.2) is 182 Å². The lowest BCUT2D eigenvalue weighted by atomic mass is 9.80. The molecule has 9 heteroatoms. The Balaban J connectivity index is 0.740. The Bertz CT molecular complexity index is 1680. The van der Waals surface area contributed by atoms with E-state index in [4.69, 9.17) is 42.6 Å². The van der Waals surface area contributed by atoms with Crippen LogP contribution in [0.1, 0.15) is 33.4 Å². The van der Waals surface area contributed by atoms with Gasteiger partial charge in [-0.05, 0) is 33.4 Å². The third kappa shape index (κ3) is 14.5. The van der Waals surface area contributed by atoms with Gasteiger partial charge in [0.1, 0.15) is 11.2 Å². The summed E-state index contributed by atoms with van der Waals surface area (Å²) in [6, 6.07) is 62.1. The monoisotopic (exact) mass is 854 g/mol. The molecule has 0 aromatic heterocycles. The lowest BCUT2D eigenvalue weighted by Crippen LogP contribution is -2.34. The summed E-state index contributed by atoms with van der Waals surface area (Å²) in [4.78, 5) is 0. The molecule has 0 fully saturated rings. The third-order valence-electron chi connectivity index (χ3n) is 10.4. The highest BCUT2D eigenvalue weighted by atomic mass is 16.6. The Labute approximate surface area is 373 Å². The molecular weight excluding hydrogens is 793 g/mol. The van der Waals surface area contributed by atoms with Crippen LogP contribution in [-0.4, -0.2) is 106 Å². The molecule has 0 atom stereocenters. The summed E-state index contributed by atoms with van der Waals surface area (Å²) in [6.45, 7) is 7.50. The average molecular weight is 855 g/mol. The maximum atomic E-state index is 6.75. The SMILES string of the molecule is c1ccc(C(OCCOCCOCCOCCOCCOCCOCCOCCOC(c2ccccc2)(c2ccccc2)c2ccccc2)(c2ccccc2)c2ccccc2)cc1. The van der Waals surface area contributed by atoms with Gasteiger partial charge >= 0.3 is 0 Å². The van der Waals surface area contributed by atoms with Gasteiger partial charge in [0.2, 0.25) is 0 Å². The van der Waals surface area contributed by atoms with E-state index in [1.54, 1.807) is 0 Å². The lowest BCUT2D eigenvalue weighted by Gasteiger charge is -2.36. The van der Waals surface area contributed by atoms with Crippen LogP contribution in [0.4, 0.5) is 0 Å². The topological polar surface area (TPSA) is 83.1 Å². The Morgan fingerprint density at radius 2 is 0.333 bits per heavy atom. The molecule has 6 rings (SSSR count). The van der Waals surface area contributed by atoms with E-state index in [0.717, 1.165) is 33.4 Å². The van der Waals surface area contributed by atoms with Crippen molar-refractivity contribution in [3.63, 3.8) is 0 Å². The van der Waals surface area contributed by atoms with Gasteiger partial charge < -0.3 is 42.6 Å². The van der Waals surface area contributed by atoms with E-state index in [9.17, 15) is 0 Å². The average Bonchev–Trinajstić information content (AvgIpc) is 3.35. The zero-order valence-electron chi connectivity index (χ0n) is 36.3. The van der Waals surface area contributed by atoms with Crippen molar-refractivity contribution >= 4 is 0 Å². The van der Waals surface area contributed by atoms with E-state index < -0.39 is 11.2 Å². The highest BCUT2D eigenvalue weighted by Gasteiger charge is 2.38. The molecule has 0 radical (unpaired) electrons. The van der Waals surface area contributed by atoms with Gasteiger partial charge in [0, 0.05) is 0 Å². The Morgan fingerprint density at radius 1 is 0.190 bits per heavy atom. The highest BCUT2D eigenvalue weighted by molar-refractivity contribution is 5.48. The molecule has 0 unspecified atom stereocenters. The van der Waals surface area contributed by atoms with Crippen LogP contribution in [0.5, 0.6) is 0 Å². The molecule has 63 heavy (non-hydrogen) atoms. The summed E-state index contributed by atoms with van der Waals surface area (Å²) in [5, 5.41) is 0. The van der Waals surface area contributed by atoms with Crippen molar-refractivity contribution in [2.75, 3.05) is 106 Å². The minimum Gasteiger partial charge on any atom is -0.377 e. The van der Waals surface area contributed by atoms with Crippen LogP contribution < -0.4 is 0 Å². The Morgan fingerprint density at radius 3 is 0.492 bits per heavy atom. The first-order valence-corrected chi connectivity index (χ1v) is 22.0. The predicted octanol–water partition coefficient (Wildman–Crippen LogP) is 9.12. The fourth-order valence-corrected chi connectivity index (χ4v) is 7.47. The van der Waals surface area contributed by atoms with Gasteiger partial charge in [-0.15, -0.1) is 0 Å². The van der Waals surface area contributed by atoms with Crippen molar-refractivity contribution in [1.29, 1.82) is 0 Å². The second-order valence-electron chi connectivity index (χ2n) is 14.5. The van der Waals surface area contributed by atoms with Crippen molar-refractivity contribution < 1.29 is 42.6 Å². The summed E-state index contributed by atoms with van der Waals surface area (Å²) in [7, 11) is 0. The molecule has 0 aliphatic rings. The number of benzene rings is 6. The van der Waals surface area contributed by atoms with Crippen LogP contribution in [0.25, 0.3) is 0 Å². The van der Waals surface area contributed by atoms with Crippen LogP contribution in [0.2, 0.25) is 0 Å². The molecule has 0 N–H and O–H groups in total. The predicted molar refractivity (Wildman–Crippen MR) is 246 cm³/mol. The lowest BCUT2D eigenvalue weighted by molar-refractivity contribution is -0.0418. The second-order valence-corrected chi connectivity index (χ2v) is 14.5. The van der Waals surface area contributed by atoms with E-state index in [1.807, 2.05) is 109 Å². The number of hydrogen-bond acceptors (Lipinski definition) is 9. The quantitative estimate of drug-likeness (QED) is 0.0305. The molecule has 6 aromatic rings. The van der Waals surface area contributed by atoms with Crippen molar-refractivity contribution in [2.24, 2.45) is 0 Å². The van der Waals surface area contributed by atoms with E-state index >= 15 is 0 Å². The maximum absolute atomic E-state index is 6.75. The minimum atomic E-state index is -0.756. The largest absolute Gasteiger partial charge is 0.377 e. The number of rotatable bonds is 32. The smallest absolute Gasteiger partial charge is 0.143 e. The summed E-state index contributed by atoms with van der Waals surface area (Å²) in [5.74, 6) is 0.